The molecule has 3 nitrogen and oxygen atoms in total. The summed E-state index contributed by atoms with van der Waals surface area (Å²) in [5.74, 6) is 5.98. The van der Waals surface area contributed by atoms with Crippen molar-refractivity contribution in [2.24, 2.45) is 0 Å². The van der Waals surface area contributed by atoms with Crippen LogP contribution in [0.15, 0.2) is 60.7 Å². The van der Waals surface area contributed by atoms with Crippen molar-refractivity contribution < 1.29 is 14.6 Å². The number of aliphatic hydroxyl groups is 1. The molecular weight excluding hydrogens is 264 g/mol. The molecule has 108 valence electrons. The van der Waals surface area contributed by atoms with Crippen LogP contribution in [-0.4, -0.2) is 25.1 Å². The highest BCUT2D eigenvalue weighted by Gasteiger charge is 2.19. The van der Waals surface area contributed by atoms with E-state index in [1.807, 2.05) is 60.7 Å². The van der Waals surface area contributed by atoms with Crippen LogP contribution in [0.4, 0.5) is 0 Å². The zero-order chi connectivity index (χ0) is 14.9. The maximum atomic E-state index is 10.4. The second kappa shape index (κ2) is 8.23. The molecule has 0 spiro atoms. The van der Waals surface area contributed by atoms with Gasteiger partial charge in [0.1, 0.15) is 12.9 Å². The standard InChI is InChI=1S/C18H18O3/c1-20-14-21-17(13-12-15-8-4-2-5-9-15)18(19)16-10-6-3-7-11-16/h2-11,17-19H,14H2,1H3/t17-,18+/m1/s1. The first kappa shape index (κ1) is 15.3. The first-order chi connectivity index (χ1) is 10.3. The minimum absolute atomic E-state index is 0.0814. The van der Waals surface area contributed by atoms with Gasteiger partial charge in [0.15, 0.2) is 6.10 Å². The maximum Gasteiger partial charge on any atom is 0.151 e. The highest BCUT2D eigenvalue weighted by atomic mass is 16.7. The van der Waals surface area contributed by atoms with Crippen LogP contribution in [0.1, 0.15) is 17.2 Å². The molecule has 2 aromatic carbocycles. The Hall–Kier alpha value is -2.12. The molecule has 0 aromatic heterocycles. The fourth-order valence-electron chi connectivity index (χ4n) is 1.85. The lowest BCUT2D eigenvalue weighted by molar-refractivity contribution is -0.0904. The summed E-state index contributed by atoms with van der Waals surface area (Å²) in [7, 11) is 1.54. The highest BCUT2D eigenvalue weighted by molar-refractivity contribution is 5.35. The van der Waals surface area contributed by atoms with Crippen molar-refractivity contribution in [3.8, 4) is 11.8 Å². The number of ether oxygens (including phenoxy) is 2. The van der Waals surface area contributed by atoms with Crippen molar-refractivity contribution >= 4 is 0 Å². The van der Waals surface area contributed by atoms with E-state index in [0.717, 1.165) is 11.1 Å². The Bertz CT molecular complexity index is 584. The minimum Gasteiger partial charge on any atom is -0.385 e. The molecule has 3 heteroatoms. The van der Waals surface area contributed by atoms with Crippen molar-refractivity contribution in [3.05, 3.63) is 71.8 Å². The summed E-state index contributed by atoms with van der Waals surface area (Å²) < 4.78 is 10.4. The Morgan fingerprint density at radius 2 is 1.62 bits per heavy atom. The minimum atomic E-state index is -0.822. The summed E-state index contributed by atoms with van der Waals surface area (Å²) in [5.41, 5.74) is 1.64. The van der Waals surface area contributed by atoms with Crippen LogP contribution < -0.4 is 0 Å². The van der Waals surface area contributed by atoms with E-state index < -0.39 is 12.2 Å². The van der Waals surface area contributed by atoms with E-state index >= 15 is 0 Å². The quantitative estimate of drug-likeness (QED) is 0.677. The van der Waals surface area contributed by atoms with Gasteiger partial charge in [0, 0.05) is 12.7 Å². The first-order valence-corrected chi connectivity index (χ1v) is 6.71. The van der Waals surface area contributed by atoms with Crippen LogP contribution in [-0.2, 0) is 9.47 Å². The summed E-state index contributed by atoms with van der Waals surface area (Å²) in [5, 5.41) is 10.4. The van der Waals surface area contributed by atoms with Gasteiger partial charge in [-0.15, -0.1) is 0 Å². The zero-order valence-electron chi connectivity index (χ0n) is 11.9. The van der Waals surface area contributed by atoms with Gasteiger partial charge in [-0.25, -0.2) is 0 Å². The number of hydrogen-bond acceptors (Lipinski definition) is 3. The molecule has 1 N–H and O–H groups in total. The lowest BCUT2D eigenvalue weighted by atomic mass is 10.0. The topological polar surface area (TPSA) is 38.7 Å². The van der Waals surface area contributed by atoms with Crippen molar-refractivity contribution in [3.63, 3.8) is 0 Å². The molecule has 0 bridgehead atoms. The van der Waals surface area contributed by atoms with Crippen molar-refractivity contribution in [1.82, 2.24) is 0 Å². The van der Waals surface area contributed by atoms with Crippen molar-refractivity contribution in [2.45, 2.75) is 12.2 Å². The number of aliphatic hydroxyl groups excluding tert-OH is 1. The molecule has 2 rings (SSSR count). The van der Waals surface area contributed by atoms with Gasteiger partial charge >= 0.3 is 0 Å². The lowest BCUT2D eigenvalue weighted by Gasteiger charge is -2.18. The molecule has 0 aliphatic heterocycles. The summed E-state index contributed by atoms with van der Waals surface area (Å²) in [6.07, 6.45) is -1.47. The molecule has 0 fully saturated rings. The van der Waals surface area contributed by atoms with Crippen LogP contribution in [0.3, 0.4) is 0 Å². The zero-order valence-corrected chi connectivity index (χ0v) is 11.9. The van der Waals surface area contributed by atoms with Crippen molar-refractivity contribution in [1.29, 1.82) is 0 Å². The van der Waals surface area contributed by atoms with Crippen LogP contribution in [0.5, 0.6) is 0 Å². The van der Waals surface area contributed by atoms with E-state index in [4.69, 9.17) is 9.47 Å². The van der Waals surface area contributed by atoms with E-state index in [-0.39, 0.29) is 6.79 Å². The fourth-order valence-corrected chi connectivity index (χ4v) is 1.85. The van der Waals surface area contributed by atoms with Crippen LogP contribution in [0, 0.1) is 11.8 Å². The molecule has 0 radical (unpaired) electrons. The van der Waals surface area contributed by atoms with Crippen molar-refractivity contribution in [2.75, 3.05) is 13.9 Å². The molecular formula is C18H18O3. The molecule has 0 aliphatic carbocycles. The molecule has 21 heavy (non-hydrogen) atoms. The Morgan fingerprint density at radius 3 is 2.24 bits per heavy atom. The Kier molecular flexibility index (Phi) is 5.99. The SMILES string of the molecule is COCO[C@H](C#Cc1ccccc1)[C@@H](O)c1ccccc1. The molecule has 2 atom stereocenters. The molecule has 0 saturated carbocycles. The third kappa shape index (κ3) is 4.73. The summed E-state index contributed by atoms with van der Waals surface area (Å²) in [6, 6.07) is 18.9. The monoisotopic (exact) mass is 282 g/mol. The maximum absolute atomic E-state index is 10.4. The predicted octanol–water partition coefficient (Wildman–Crippen LogP) is 2.76. The average Bonchev–Trinajstić information content (AvgIpc) is 2.56. The van der Waals surface area contributed by atoms with Gasteiger partial charge < -0.3 is 14.6 Å². The normalized spacial score (nSPS) is 13.0. The second-order valence-corrected chi connectivity index (χ2v) is 4.48. The van der Waals surface area contributed by atoms with Gasteiger partial charge in [0.25, 0.3) is 0 Å². The third-order valence-corrected chi connectivity index (χ3v) is 2.93. The average molecular weight is 282 g/mol. The van der Waals surface area contributed by atoms with E-state index in [0.29, 0.717) is 0 Å². The van der Waals surface area contributed by atoms with Gasteiger partial charge in [-0.3, -0.25) is 0 Å². The summed E-state index contributed by atoms with van der Waals surface area (Å²) >= 11 is 0. The van der Waals surface area contributed by atoms with E-state index in [1.165, 1.54) is 7.11 Å². The van der Waals surface area contributed by atoms with Crippen LogP contribution in [0.25, 0.3) is 0 Å². The van der Waals surface area contributed by atoms with Gasteiger partial charge in [-0.05, 0) is 17.7 Å². The highest BCUT2D eigenvalue weighted by Crippen LogP contribution is 2.18. The molecule has 0 heterocycles. The second-order valence-electron chi connectivity index (χ2n) is 4.48. The Morgan fingerprint density at radius 1 is 1.00 bits per heavy atom. The number of rotatable bonds is 5. The Balaban J connectivity index is 2.16. The molecule has 0 unspecified atom stereocenters. The van der Waals surface area contributed by atoms with Gasteiger partial charge in [0.2, 0.25) is 0 Å². The van der Waals surface area contributed by atoms with E-state index in [1.54, 1.807) is 0 Å². The van der Waals surface area contributed by atoms with Gasteiger partial charge in [0.05, 0.1) is 0 Å². The molecule has 0 amide bonds. The van der Waals surface area contributed by atoms with E-state index in [9.17, 15) is 5.11 Å². The van der Waals surface area contributed by atoms with Gasteiger partial charge in [-0.2, -0.15) is 0 Å². The largest absolute Gasteiger partial charge is 0.385 e. The summed E-state index contributed by atoms with van der Waals surface area (Å²) in [4.78, 5) is 0. The molecule has 2 aromatic rings. The first-order valence-electron chi connectivity index (χ1n) is 6.71. The predicted molar refractivity (Wildman–Crippen MR) is 81.5 cm³/mol. The summed E-state index contributed by atoms with van der Waals surface area (Å²) in [6.45, 7) is 0.0814. The van der Waals surface area contributed by atoms with Crippen LogP contribution >= 0.6 is 0 Å². The van der Waals surface area contributed by atoms with E-state index in [2.05, 4.69) is 11.8 Å². The number of hydrogen-bond donors (Lipinski definition) is 1. The number of methoxy groups -OCH3 is 1. The fraction of sp³-hybridized carbons (Fsp3) is 0.222. The van der Waals surface area contributed by atoms with Gasteiger partial charge in [-0.1, -0.05) is 60.4 Å². The number of benzene rings is 2. The Labute approximate surface area is 125 Å². The van der Waals surface area contributed by atoms with Crippen LogP contribution in [0.2, 0.25) is 0 Å². The molecule has 0 saturated heterocycles. The molecule has 0 aliphatic rings. The lowest BCUT2D eigenvalue weighted by Crippen LogP contribution is -2.21. The third-order valence-electron chi connectivity index (χ3n) is 2.93. The smallest absolute Gasteiger partial charge is 0.151 e.